The first-order chi connectivity index (χ1) is 9.15. The van der Waals surface area contributed by atoms with Crippen LogP contribution in [-0.2, 0) is 0 Å². The van der Waals surface area contributed by atoms with E-state index in [1.807, 2.05) is 37.3 Å². The van der Waals surface area contributed by atoms with Gasteiger partial charge in [0, 0.05) is 17.0 Å². The fourth-order valence-electron chi connectivity index (χ4n) is 2.18. The minimum Gasteiger partial charge on any atom is -0.248 e. The van der Waals surface area contributed by atoms with Gasteiger partial charge in [-0.25, -0.2) is 13.8 Å². The van der Waals surface area contributed by atoms with E-state index in [9.17, 15) is 8.78 Å². The topological polar surface area (TPSA) is 12.9 Å². The smallest absolute Gasteiger partial charge is 0.135 e. The van der Waals surface area contributed by atoms with E-state index in [2.05, 4.69) is 4.98 Å². The van der Waals surface area contributed by atoms with Gasteiger partial charge in [0.25, 0.3) is 0 Å². The summed E-state index contributed by atoms with van der Waals surface area (Å²) >= 11 is 0. The van der Waals surface area contributed by atoms with Crippen molar-refractivity contribution in [2.75, 3.05) is 0 Å². The van der Waals surface area contributed by atoms with Crippen molar-refractivity contribution >= 4 is 23.3 Å². The number of halogens is 3. The minimum absolute atomic E-state index is 0. The highest BCUT2D eigenvalue weighted by molar-refractivity contribution is 5.85. The Morgan fingerprint density at radius 2 is 1.70 bits per heavy atom. The number of rotatable bonds is 1. The fraction of sp³-hybridized carbons (Fsp3) is 0.0625. The Morgan fingerprint density at radius 3 is 2.45 bits per heavy atom. The van der Waals surface area contributed by atoms with Crippen LogP contribution >= 0.6 is 12.4 Å². The molecule has 3 aromatic rings. The SMILES string of the molecule is Cc1cc(-c2ccc(F)cc2F)nc2ccccc12.Cl. The normalized spacial score (nSPS) is 10.3. The number of aryl methyl sites for hydroxylation is 1. The van der Waals surface area contributed by atoms with Gasteiger partial charge in [-0.3, -0.25) is 0 Å². The van der Waals surface area contributed by atoms with Crippen LogP contribution in [0.25, 0.3) is 22.2 Å². The molecule has 0 aliphatic rings. The molecule has 0 aliphatic carbocycles. The lowest BCUT2D eigenvalue weighted by molar-refractivity contribution is 0.585. The van der Waals surface area contributed by atoms with Crippen molar-refractivity contribution in [3.05, 3.63) is 65.7 Å². The molecule has 0 saturated carbocycles. The van der Waals surface area contributed by atoms with Crippen molar-refractivity contribution < 1.29 is 8.78 Å². The van der Waals surface area contributed by atoms with Gasteiger partial charge in [0.15, 0.2) is 0 Å². The van der Waals surface area contributed by atoms with Crippen LogP contribution in [0.4, 0.5) is 8.78 Å². The zero-order valence-electron chi connectivity index (χ0n) is 10.7. The Bertz CT molecular complexity index is 772. The third-order valence-corrected chi connectivity index (χ3v) is 3.13. The van der Waals surface area contributed by atoms with Crippen molar-refractivity contribution in [2.24, 2.45) is 0 Å². The van der Waals surface area contributed by atoms with E-state index in [0.717, 1.165) is 22.5 Å². The molecule has 0 atom stereocenters. The first-order valence-corrected chi connectivity index (χ1v) is 5.97. The summed E-state index contributed by atoms with van der Waals surface area (Å²) < 4.78 is 26.7. The Morgan fingerprint density at radius 1 is 0.950 bits per heavy atom. The van der Waals surface area contributed by atoms with Gasteiger partial charge >= 0.3 is 0 Å². The third-order valence-electron chi connectivity index (χ3n) is 3.13. The first-order valence-electron chi connectivity index (χ1n) is 5.97. The summed E-state index contributed by atoms with van der Waals surface area (Å²) in [6.07, 6.45) is 0. The van der Waals surface area contributed by atoms with Crippen LogP contribution in [0.3, 0.4) is 0 Å². The molecule has 3 rings (SSSR count). The van der Waals surface area contributed by atoms with Crippen LogP contribution in [-0.4, -0.2) is 4.98 Å². The molecule has 0 bridgehead atoms. The van der Waals surface area contributed by atoms with Crippen LogP contribution < -0.4 is 0 Å². The summed E-state index contributed by atoms with van der Waals surface area (Å²) in [6.45, 7) is 1.95. The summed E-state index contributed by atoms with van der Waals surface area (Å²) in [4.78, 5) is 4.43. The van der Waals surface area contributed by atoms with Gasteiger partial charge in [-0.1, -0.05) is 18.2 Å². The molecule has 2 aromatic carbocycles. The maximum atomic E-state index is 13.8. The summed E-state index contributed by atoms with van der Waals surface area (Å²) in [7, 11) is 0. The lowest BCUT2D eigenvalue weighted by atomic mass is 10.0. The van der Waals surface area contributed by atoms with Crippen LogP contribution in [0.1, 0.15) is 5.56 Å². The monoisotopic (exact) mass is 291 g/mol. The number of fused-ring (bicyclic) bond motifs is 1. The summed E-state index contributed by atoms with van der Waals surface area (Å²) in [5.41, 5.74) is 2.66. The molecule has 0 amide bonds. The Kier molecular flexibility index (Phi) is 4.00. The lowest BCUT2D eigenvalue weighted by Crippen LogP contribution is -1.92. The molecule has 20 heavy (non-hydrogen) atoms. The second kappa shape index (κ2) is 5.55. The minimum atomic E-state index is -0.595. The number of benzene rings is 2. The molecule has 1 nitrogen and oxygen atoms in total. The second-order valence-electron chi connectivity index (χ2n) is 4.47. The zero-order chi connectivity index (χ0) is 13.4. The van der Waals surface area contributed by atoms with Crippen molar-refractivity contribution in [1.82, 2.24) is 4.98 Å². The second-order valence-corrected chi connectivity index (χ2v) is 4.47. The predicted molar refractivity (Wildman–Crippen MR) is 79.1 cm³/mol. The van der Waals surface area contributed by atoms with Crippen LogP contribution in [0.15, 0.2) is 48.5 Å². The third kappa shape index (κ3) is 2.49. The maximum Gasteiger partial charge on any atom is 0.135 e. The van der Waals surface area contributed by atoms with Crippen LogP contribution in [0.5, 0.6) is 0 Å². The van der Waals surface area contributed by atoms with Crippen molar-refractivity contribution in [3.8, 4) is 11.3 Å². The first kappa shape index (κ1) is 14.4. The standard InChI is InChI=1S/C16H11F2N.ClH/c1-10-8-16(13-7-6-11(17)9-14(13)18)19-15-5-3-2-4-12(10)15;/h2-9H,1H3;1H. The molecule has 4 heteroatoms. The van der Waals surface area contributed by atoms with E-state index in [4.69, 9.17) is 0 Å². The van der Waals surface area contributed by atoms with Gasteiger partial charge in [-0.15, -0.1) is 12.4 Å². The molecule has 0 saturated heterocycles. The van der Waals surface area contributed by atoms with Crippen molar-refractivity contribution in [2.45, 2.75) is 6.92 Å². The number of aromatic nitrogens is 1. The van der Waals surface area contributed by atoms with E-state index in [1.165, 1.54) is 12.1 Å². The number of hydrogen-bond donors (Lipinski definition) is 0. The van der Waals surface area contributed by atoms with E-state index in [1.54, 1.807) is 0 Å². The number of para-hydroxylation sites is 1. The van der Waals surface area contributed by atoms with Gasteiger partial charge in [0.05, 0.1) is 11.2 Å². The fourth-order valence-corrected chi connectivity index (χ4v) is 2.18. The summed E-state index contributed by atoms with van der Waals surface area (Å²) in [5.74, 6) is -1.18. The van der Waals surface area contributed by atoms with Gasteiger partial charge in [0.2, 0.25) is 0 Å². The number of pyridine rings is 1. The molecule has 0 fully saturated rings. The van der Waals surface area contributed by atoms with E-state index >= 15 is 0 Å². The van der Waals surface area contributed by atoms with E-state index in [-0.39, 0.29) is 12.4 Å². The molecule has 102 valence electrons. The van der Waals surface area contributed by atoms with E-state index < -0.39 is 11.6 Å². The lowest BCUT2D eigenvalue weighted by Gasteiger charge is -2.07. The largest absolute Gasteiger partial charge is 0.248 e. The molecule has 0 aliphatic heterocycles. The molecule has 0 unspecified atom stereocenters. The van der Waals surface area contributed by atoms with Crippen LogP contribution in [0, 0.1) is 18.6 Å². The summed E-state index contributed by atoms with van der Waals surface area (Å²) in [5, 5.41) is 1.04. The molecular weight excluding hydrogens is 280 g/mol. The van der Waals surface area contributed by atoms with Crippen molar-refractivity contribution in [1.29, 1.82) is 0 Å². The van der Waals surface area contributed by atoms with Gasteiger partial charge in [-0.05, 0) is 36.8 Å². The molecule has 0 radical (unpaired) electrons. The maximum absolute atomic E-state index is 13.8. The van der Waals surface area contributed by atoms with Crippen molar-refractivity contribution in [3.63, 3.8) is 0 Å². The summed E-state index contributed by atoms with van der Waals surface area (Å²) in [6, 6.07) is 13.0. The van der Waals surface area contributed by atoms with Gasteiger partial charge in [-0.2, -0.15) is 0 Å². The molecule has 1 heterocycles. The van der Waals surface area contributed by atoms with Gasteiger partial charge in [0.1, 0.15) is 11.6 Å². The zero-order valence-corrected chi connectivity index (χ0v) is 11.5. The highest BCUT2D eigenvalue weighted by atomic mass is 35.5. The molecule has 1 aromatic heterocycles. The Balaban J connectivity index is 0.00000147. The molecule has 0 spiro atoms. The van der Waals surface area contributed by atoms with E-state index in [0.29, 0.717) is 11.3 Å². The number of nitrogens with zero attached hydrogens (tertiary/aromatic N) is 1. The average Bonchev–Trinajstić information content (AvgIpc) is 2.38. The Hall–Kier alpha value is -2.00. The molecule has 0 N–H and O–H groups in total. The average molecular weight is 292 g/mol. The highest BCUT2D eigenvalue weighted by Gasteiger charge is 2.09. The van der Waals surface area contributed by atoms with Crippen LogP contribution in [0.2, 0.25) is 0 Å². The number of hydrogen-bond acceptors (Lipinski definition) is 1. The van der Waals surface area contributed by atoms with Gasteiger partial charge < -0.3 is 0 Å². The quantitative estimate of drug-likeness (QED) is 0.621. The predicted octanol–water partition coefficient (Wildman–Crippen LogP) is 4.91. The Labute approximate surface area is 121 Å². The molecular formula is C16H12ClF2N. The highest BCUT2D eigenvalue weighted by Crippen LogP contribution is 2.26.